The minimum atomic E-state index is -4.59. The molecule has 3 nitrogen and oxygen atoms in total. The summed E-state index contributed by atoms with van der Waals surface area (Å²) in [5.41, 5.74) is -1.02. The van der Waals surface area contributed by atoms with Crippen molar-refractivity contribution in [3.8, 4) is 11.6 Å². The zero-order chi connectivity index (χ0) is 14.0. The SMILES string of the molecule is Fc1ccc(C(F)(F)F)cc1Oc1cc(Cl)ncn1. The lowest BCUT2D eigenvalue weighted by Crippen LogP contribution is -2.05. The van der Waals surface area contributed by atoms with Crippen LogP contribution in [0.15, 0.2) is 30.6 Å². The predicted octanol–water partition coefficient (Wildman–Crippen LogP) is 4.08. The van der Waals surface area contributed by atoms with E-state index in [1.807, 2.05) is 0 Å². The molecule has 0 spiro atoms. The van der Waals surface area contributed by atoms with E-state index in [0.717, 1.165) is 12.4 Å². The standard InChI is InChI=1S/C11H5ClF4N2O/c12-9-4-10(18-5-17-9)19-8-3-6(11(14,15)16)1-2-7(8)13/h1-5H. The van der Waals surface area contributed by atoms with Gasteiger partial charge in [-0.1, -0.05) is 11.6 Å². The molecule has 0 saturated heterocycles. The van der Waals surface area contributed by atoms with Gasteiger partial charge in [-0.05, 0) is 18.2 Å². The highest BCUT2D eigenvalue weighted by Crippen LogP contribution is 2.34. The molecule has 2 rings (SSSR count). The van der Waals surface area contributed by atoms with Crippen LogP contribution in [0.1, 0.15) is 5.56 Å². The van der Waals surface area contributed by atoms with E-state index in [4.69, 9.17) is 16.3 Å². The zero-order valence-corrected chi connectivity index (χ0v) is 9.84. The van der Waals surface area contributed by atoms with Crippen molar-refractivity contribution in [2.24, 2.45) is 0 Å². The lowest BCUT2D eigenvalue weighted by atomic mass is 10.2. The van der Waals surface area contributed by atoms with E-state index in [-0.39, 0.29) is 11.0 Å². The van der Waals surface area contributed by atoms with E-state index in [1.54, 1.807) is 0 Å². The van der Waals surface area contributed by atoms with Crippen molar-refractivity contribution in [1.82, 2.24) is 9.97 Å². The van der Waals surface area contributed by atoms with Gasteiger partial charge < -0.3 is 4.74 Å². The van der Waals surface area contributed by atoms with Crippen molar-refractivity contribution >= 4 is 11.6 Å². The molecule has 0 amide bonds. The van der Waals surface area contributed by atoms with E-state index in [1.165, 1.54) is 0 Å². The second-order valence-corrected chi connectivity index (χ2v) is 3.81. The number of aromatic nitrogens is 2. The van der Waals surface area contributed by atoms with Crippen molar-refractivity contribution in [3.63, 3.8) is 0 Å². The molecule has 8 heteroatoms. The molecule has 0 aliphatic carbocycles. The Morgan fingerprint density at radius 2 is 1.84 bits per heavy atom. The molecule has 1 aromatic heterocycles. The molecule has 0 bridgehead atoms. The first-order valence-corrected chi connectivity index (χ1v) is 5.26. The number of nitrogens with zero attached hydrogens (tertiary/aromatic N) is 2. The highest BCUT2D eigenvalue weighted by molar-refractivity contribution is 6.29. The van der Waals surface area contributed by atoms with Crippen molar-refractivity contribution in [1.29, 1.82) is 0 Å². The number of ether oxygens (including phenoxy) is 1. The Balaban J connectivity index is 2.34. The molecule has 1 aromatic carbocycles. The van der Waals surface area contributed by atoms with Crippen LogP contribution >= 0.6 is 11.6 Å². The topological polar surface area (TPSA) is 35.0 Å². The van der Waals surface area contributed by atoms with Gasteiger partial charge in [-0.2, -0.15) is 13.2 Å². The Hall–Kier alpha value is -1.89. The van der Waals surface area contributed by atoms with E-state index in [9.17, 15) is 17.6 Å². The van der Waals surface area contributed by atoms with Gasteiger partial charge in [-0.25, -0.2) is 14.4 Å². The zero-order valence-electron chi connectivity index (χ0n) is 9.08. The van der Waals surface area contributed by atoms with Gasteiger partial charge in [-0.3, -0.25) is 0 Å². The van der Waals surface area contributed by atoms with Crippen molar-refractivity contribution in [2.45, 2.75) is 6.18 Å². The summed E-state index contributed by atoms with van der Waals surface area (Å²) in [6, 6.07) is 2.99. The molecule has 0 aliphatic rings. The van der Waals surface area contributed by atoms with Crippen LogP contribution in [0.5, 0.6) is 11.6 Å². The second-order valence-electron chi connectivity index (χ2n) is 3.42. The smallest absolute Gasteiger partial charge is 0.416 e. The molecular weight excluding hydrogens is 288 g/mol. The largest absolute Gasteiger partial charge is 0.436 e. The molecule has 1 heterocycles. The van der Waals surface area contributed by atoms with Crippen molar-refractivity contribution in [3.05, 3.63) is 47.1 Å². The van der Waals surface area contributed by atoms with Gasteiger partial charge >= 0.3 is 6.18 Å². The summed E-state index contributed by atoms with van der Waals surface area (Å²) in [4.78, 5) is 7.16. The van der Waals surface area contributed by atoms with Crippen molar-refractivity contribution < 1.29 is 22.3 Å². The van der Waals surface area contributed by atoms with Crippen LogP contribution in [-0.4, -0.2) is 9.97 Å². The molecule has 0 unspecified atom stereocenters. The summed E-state index contributed by atoms with van der Waals surface area (Å²) >= 11 is 5.55. The van der Waals surface area contributed by atoms with E-state index in [2.05, 4.69) is 9.97 Å². The Labute approximate surface area is 109 Å². The van der Waals surface area contributed by atoms with Gasteiger partial charge in [-0.15, -0.1) is 0 Å². The first-order chi connectivity index (χ1) is 8.86. The van der Waals surface area contributed by atoms with Gasteiger partial charge in [0.25, 0.3) is 0 Å². The summed E-state index contributed by atoms with van der Waals surface area (Å²) in [6.07, 6.45) is -3.54. The summed E-state index contributed by atoms with van der Waals surface area (Å²) in [5, 5.41) is 0.0254. The quantitative estimate of drug-likeness (QED) is 0.618. The maximum atomic E-state index is 13.4. The molecular formula is C11H5ClF4N2O. The Bertz CT molecular complexity index is 603. The molecule has 0 radical (unpaired) electrons. The number of alkyl halides is 3. The maximum Gasteiger partial charge on any atom is 0.416 e. The first-order valence-electron chi connectivity index (χ1n) is 4.88. The third-order valence-corrected chi connectivity index (χ3v) is 2.29. The van der Waals surface area contributed by atoms with Gasteiger partial charge in [0.1, 0.15) is 11.5 Å². The molecule has 0 aliphatic heterocycles. The van der Waals surface area contributed by atoms with Gasteiger partial charge in [0.05, 0.1) is 5.56 Å². The molecule has 100 valence electrons. The van der Waals surface area contributed by atoms with E-state index < -0.39 is 23.3 Å². The average Bonchev–Trinajstić information content (AvgIpc) is 2.30. The van der Waals surface area contributed by atoms with Gasteiger partial charge in [0.2, 0.25) is 5.88 Å². The Morgan fingerprint density at radius 1 is 1.11 bits per heavy atom. The summed E-state index contributed by atoms with van der Waals surface area (Å²) < 4.78 is 55.7. The monoisotopic (exact) mass is 292 g/mol. The third kappa shape index (κ3) is 3.31. The first kappa shape index (κ1) is 13.5. The Morgan fingerprint density at radius 3 is 2.47 bits per heavy atom. The minimum Gasteiger partial charge on any atom is -0.436 e. The highest BCUT2D eigenvalue weighted by Gasteiger charge is 2.31. The molecule has 0 saturated carbocycles. The van der Waals surface area contributed by atoms with Crippen LogP contribution < -0.4 is 4.74 Å². The molecule has 19 heavy (non-hydrogen) atoms. The lowest BCUT2D eigenvalue weighted by molar-refractivity contribution is -0.137. The third-order valence-electron chi connectivity index (χ3n) is 2.08. The normalized spacial score (nSPS) is 11.4. The number of rotatable bonds is 2. The summed E-state index contributed by atoms with van der Waals surface area (Å²) in [7, 11) is 0. The summed E-state index contributed by atoms with van der Waals surface area (Å²) in [6.45, 7) is 0. The lowest BCUT2D eigenvalue weighted by Gasteiger charge is -2.10. The summed E-state index contributed by atoms with van der Waals surface area (Å²) in [5.74, 6) is -1.69. The van der Waals surface area contributed by atoms with Crippen LogP contribution in [-0.2, 0) is 6.18 Å². The van der Waals surface area contributed by atoms with Gasteiger partial charge in [0.15, 0.2) is 11.6 Å². The molecule has 0 N–H and O–H groups in total. The number of halogens is 5. The number of hydrogen-bond donors (Lipinski definition) is 0. The minimum absolute atomic E-state index is 0.0254. The van der Waals surface area contributed by atoms with Gasteiger partial charge in [0, 0.05) is 6.07 Å². The van der Waals surface area contributed by atoms with Crippen LogP contribution in [0.4, 0.5) is 17.6 Å². The van der Waals surface area contributed by atoms with Crippen LogP contribution in [0.25, 0.3) is 0 Å². The van der Waals surface area contributed by atoms with E-state index in [0.29, 0.717) is 18.2 Å². The fourth-order valence-corrected chi connectivity index (χ4v) is 1.38. The van der Waals surface area contributed by atoms with E-state index >= 15 is 0 Å². The fourth-order valence-electron chi connectivity index (χ4n) is 1.24. The predicted molar refractivity (Wildman–Crippen MR) is 58.5 cm³/mol. The molecule has 0 fully saturated rings. The molecule has 0 atom stereocenters. The fraction of sp³-hybridized carbons (Fsp3) is 0.0909. The Kier molecular flexibility index (Phi) is 3.57. The highest BCUT2D eigenvalue weighted by atomic mass is 35.5. The maximum absolute atomic E-state index is 13.4. The second kappa shape index (κ2) is 5.00. The molecule has 2 aromatic rings. The number of benzene rings is 1. The van der Waals surface area contributed by atoms with Crippen LogP contribution in [0, 0.1) is 5.82 Å². The van der Waals surface area contributed by atoms with Crippen molar-refractivity contribution in [2.75, 3.05) is 0 Å². The van der Waals surface area contributed by atoms with Crippen LogP contribution in [0.3, 0.4) is 0 Å². The van der Waals surface area contributed by atoms with Crippen LogP contribution in [0.2, 0.25) is 5.15 Å². The number of hydrogen-bond acceptors (Lipinski definition) is 3. The average molecular weight is 293 g/mol.